The first-order chi connectivity index (χ1) is 10.1. The molecule has 0 saturated carbocycles. The third-order valence-electron chi connectivity index (χ3n) is 3.14. The second kappa shape index (κ2) is 5.84. The second-order valence-electron chi connectivity index (χ2n) is 4.85. The highest BCUT2D eigenvalue weighted by Crippen LogP contribution is 2.29. The van der Waals surface area contributed by atoms with Gasteiger partial charge in [-0.1, -0.05) is 35.4 Å². The molecular formula is C16H14ClN3S. The summed E-state index contributed by atoms with van der Waals surface area (Å²) in [5.41, 5.74) is 5.53. The van der Waals surface area contributed by atoms with Gasteiger partial charge in [-0.3, -0.25) is 0 Å². The molecule has 0 bridgehead atoms. The Labute approximate surface area is 132 Å². The molecule has 3 nitrogen and oxygen atoms in total. The van der Waals surface area contributed by atoms with Crippen LogP contribution in [0.3, 0.4) is 0 Å². The van der Waals surface area contributed by atoms with Crippen molar-refractivity contribution in [2.75, 3.05) is 5.32 Å². The van der Waals surface area contributed by atoms with E-state index in [2.05, 4.69) is 52.7 Å². The molecule has 3 rings (SSSR count). The van der Waals surface area contributed by atoms with E-state index in [1.165, 1.54) is 16.7 Å². The minimum Gasteiger partial charge on any atom is -0.330 e. The number of pyridine rings is 1. The van der Waals surface area contributed by atoms with Gasteiger partial charge in [-0.15, -0.1) is 11.3 Å². The fraction of sp³-hybridized carbons (Fsp3) is 0.125. The number of nitrogens with one attached hydrogen (secondary N) is 1. The summed E-state index contributed by atoms with van der Waals surface area (Å²) in [5, 5.41) is 6.62. The van der Waals surface area contributed by atoms with Crippen LogP contribution in [0.2, 0.25) is 5.15 Å². The molecule has 2 heterocycles. The number of aromatic nitrogens is 2. The van der Waals surface area contributed by atoms with E-state index in [1.807, 2.05) is 6.07 Å². The predicted octanol–water partition coefficient (Wildman–Crippen LogP) is 5.22. The lowest BCUT2D eigenvalue weighted by Crippen LogP contribution is -1.91. The van der Waals surface area contributed by atoms with Crippen LogP contribution in [0.25, 0.3) is 11.3 Å². The molecule has 2 aromatic heterocycles. The van der Waals surface area contributed by atoms with Crippen molar-refractivity contribution in [3.63, 3.8) is 0 Å². The van der Waals surface area contributed by atoms with Gasteiger partial charge in [0.25, 0.3) is 0 Å². The van der Waals surface area contributed by atoms with Crippen LogP contribution in [0.1, 0.15) is 11.1 Å². The Kier molecular flexibility index (Phi) is 3.90. The van der Waals surface area contributed by atoms with Gasteiger partial charge < -0.3 is 5.32 Å². The highest BCUT2D eigenvalue weighted by atomic mass is 35.5. The van der Waals surface area contributed by atoms with E-state index in [0.717, 1.165) is 16.5 Å². The van der Waals surface area contributed by atoms with Gasteiger partial charge in [-0.25, -0.2) is 9.97 Å². The first-order valence-electron chi connectivity index (χ1n) is 6.53. The lowest BCUT2D eigenvalue weighted by molar-refractivity contribution is 1.30. The van der Waals surface area contributed by atoms with Crippen LogP contribution >= 0.6 is 22.9 Å². The molecule has 0 unspecified atom stereocenters. The van der Waals surface area contributed by atoms with Crippen molar-refractivity contribution in [2.24, 2.45) is 0 Å². The molecule has 0 aliphatic carbocycles. The summed E-state index contributed by atoms with van der Waals surface area (Å²) >= 11 is 7.35. The summed E-state index contributed by atoms with van der Waals surface area (Å²) in [4.78, 5) is 8.68. The molecule has 0 spiro atoms. The number of thiazole rings is 1. The smallest absolute Gasteiger partial charge is 0.187 e. The van der Waals surface area contributed by atoms with Crippen molar-refractivity contribution in [3.05, 3.63) is 58.2 Å². The maximum atomic E-state index is 5.78. The summed E-state index contributed by atoms with van der Waals surface area (Å²) in [6.45, 7) is 4.20. The average molecular weight is 316 g/mol. The van der Waals surface area contributed by atoms with Gasteiger partial charge in [0, 0.05) is 10.9 Å². The molecule has 0 saturated heterocycles. The zero-order valence-corrected chi connectivity index (χ0v) is 13.3. The number of halogens is 1. The lowest BCUT2D eigenvalue weighted by atomic mass is 10.0. The summed E-state index contributed by atoms with van der Waals surface area (Å²) < 4.78 is 0. The van der Waals surface area contributed by atoms with Gasteiger partial charge in [-0.05, 0) is 31.5 Å². The Morgan fingerprint density at radius 1 is 1.14 bits per heavy atom. The van der Waals surface area contributed by atoms with Crippen molar-refractivity contribution in [1.82, 2.24) is 9.97 Å². The minimum atomic E-state index is 0.482. The molecule has 0 radical (unpaired) electrons. The second-order valence-corrected chi connectivity index (χ2v) is 6.10. The fourth-order valence-electron chi connectivity index (χ4n) is 2.13. The van der Waals surface area contributed by atoms with Crippen LogP contribution in [0.4, 0.5) is 10.8 Å². The SMILES string of the molecule is Cc1ccc(-c2csc(Nc3ccc(Cl)nc3)n2)c(C)c1. The van der Waals surface area contributed by atoms with Gasteiger partial charge in [0.15, 0.2) is 5.13 Å². The number of nitrogens with zero attached hydrogens (tertiary/aromatic N) is 2. The molecule has 0 aliphatic heterocycles. The fourth-order valence-corrected chi connectivity index (χ4v) is 2.97. The maximum absolute atomic E-state index is 5.78. The van der Waals surface area contributed by atoms with E-state index in [0.29, 0.717) is 5.15 Å². The van der Waals surface area contributed by atoms with Gasteiger partial charge in [0.1, 0.15) is 5.15 Å². The van der Waals surface area contributed by atoms with Crippen molar-refractivity contribution in [3.8, 4) is 11.3 Å². The Bertz CT molecular complexity index is 765. The van der Waals surface area contributed by atoms with Crippen LogP contribution in [0, 0.1) is 13.8 Å². The van der Waals surface area contributed by atoms with Crippen LogP contribution in [0.15, 0.2) is 41.9 Å². The van der Waals surface area contributed by atoms with E-state index < -0.39 is 0 Å². The molecule has 106 valence electrons. The van der Waals surface area contributed by atoms with E-state index in [1.54, 1.807) is 23.6 Å². The summed E-state index contributed by atoms with van der Waals surface area (Å²) in [7, 11) is 0. The number of benzene rings is 1. The number of hydrogen-bond acceptors (Lipinski definition) is 4. The largest absolute Gasteiger partial charge is 0.330 e. The quantitative estimate of drug-likeness (QED) is 0.673. The standard InChI is InChI=1S/C16H14ClN3S/c1-10-3-5-13(11(2)7-10)14-9-21-16(20-14)19-12-4-6-15(17)18-8-12/h3-9H,1-2H3,(H,19,20). The molecule has 0 atom stereocenters. The maximum Gasteiger partial charge on any atom is 0.187 e. The first kappa shape index (κ1) is 14.0. The Balaban J connectivity index is 1.84. The first-order valence-corrected chi connectivity index (χ1v) is 7.79. The molecule has 1 N–H and O–H groups in total. The van der Waals surface area contributed by atoms with E-state index in [4.69, 9.17) is 11.6 Å². The topological polar surface area (TPSA) is 37.8 Å². The highest BCUT2D eigenvalue weighted by molar-refractivity contribution is 7.14. The number of rotatable bonds is 3. The van der Waals surface area contributed by atoms with Gasteiger partial charge in [0.05, 0.1) is 17.6 Å². The van der Waals surface area contributed by atoms with Crippen LogP contribution in [-0.4, -0.2) is 9.97 Å². The van der Waals surface area contributed by atoms with E-state index >= 15 is 0 Å². The van der Waals surface area contributed by atoms with Gasteiger partial charge >= 0.3 is 0 Å². The molecule has 0 aliphatic rings. The molecule has 0 amide bonds. The molecular weight excluding hydrogens is 302 g/mol. The molecule has 21 heavy (non-hydrogen) atoms. The van der Waals surface area contributed by atoms with Crippen LogP contribution in [0.5, 0.6) is 0 Å². The number of anilines is 2. The highest BCUT2D eigenvalue weighted by Gasteiger charge is 2.07. The van der Waals surface area contributed by atoms with Crippen LogP contribution < -0.4 is 5.32 Å². The molecule has 3 aromatic rings. The monoisotopic (exact) mass is 315 g/mol. The summed E-state index contributed by atoms with van der Waals surface area (Å²) in [6.07, 6.45) is 1.69. The van der Waals surface area contributed by atoms with Crippen molar-refractivity contribution >= 4 is 33.8 Å². The van der Waals surface area contributed by atoms with Crippen LogP contribution in [-0.2, 0) is 0 Å². The molecule has 0 fully saturated rings. The summed E-state index contributed by atoms with van der Waals surface area (Å²) in [6, 6.07) is 10.0. The van der Waals surface area contributed by atoms with E-state index in [-0.39, 0.29) is 0 Å². The Morgan fingerprint density at radius 2 is 2.00 bits per heavy atom. The van der Waals surface area contributed by atoms with E-state index in [9.17, 15) is 0 Å². The van der Waals surface area contributed by atoms with Gasteiger partial charge in [-0.2, -0.15) is 0 Å². The molecule has 1 aromatic carbocycles. The van der Waals surface area contributed by atoms with Gasteiger partial charge in [0.2, 0.25) is 0 Å². The van der Waals surface area contributed by atoms with Crippen molar-refractivity contribution < 1.29 is 0 Å². The number of aryl methyl sites for hydroxylation is 2. The molecule has 5 heteroatoms. The normalized spacial score (nSPS) is 10.6. The average Bonchev–Trinajstić information content (AvgIpc) is 2.90. The third kappa shape index (κ3) is 3.23. The predicted molar refractivity (Wildman–Crippen MR) is 89.6 cm³/mol. The summed E-state index contributed by atoms with van der Waals surface area (Å²) in [5.74, 6) is 0. The van der Waals surface area contributed by atoms with Crippen molar-refractivity contribution in [2.45, 2.75) is 13.8 Å². The number of hydrogen-bond donors (Lipinski definition) is 1. The lowest BCUT2D eigenvalue weighted by Gasteiger charge is -2.04. The minimum absolute atomic E-state index is 0.482. The third-order valence-corrected chi connectivity index (χ3v) is 4.12. The zero-order chi connectivity index (χ0) is 14.8. The zero-order valence-electron chi connectivity index (χ0n) is 11.7. The Morgan fingerprint density at radius 3 is 2.71 bits per heavy atom. The van der Waals surface area contributed by atoms with Crippen molar-refractivity contribution in [1.29, 1.82) is 0 Å². The Hall–Kier alpha value is -1.91.